The molecule has 0 bridgehead atoms. The minimum Gasteiger partial charge on any atom is -0.467 e. The SMILES string of the molecule is COc1ncc(-c2nccn2-c2ccc(CN3CCCC3)cc2)cn1. The van der Waals surface area contributed by atoms with Gasteiger partial charge in [-0.2, -0.15) is 0 Å². The summed E-state index contributed by atoms with van der Waals surface area (Å²) < 4.78 is 7.06. The molecule has 6 nitrogen and oxygen atoms in total. The molecule has 4 rings (SSSR count). The van der Waals surface area contributed by atoms with Crippen molar-refractivity contribution in [3.05, 3.63) is 54.6 Å². The summed E-state index contributed by atoms with van der Waals surface area (Å²) in [5.74, 6) is 0.815. The molecule has 0 unspecified atom stereocenters. The zero-order valence-corrected chi connectivity index (χ0v) is 14.3. The molecule has 0 spiro atoms. The zero-order valence-electron chi connectivity index (χ0n) is 14.3. The van der Waals surface area contributed by atoms with E-state index in [0.29, 0.717) is 6.01 Å². The van der Waals surface area contributed by atoms with Gasteiger partial charge in [-0.15, -0.1) is 0 Å². The second-order valence-electron chi connectivity index (χ2n) is 6.23. The van der Waals surface area contributed by atoms with E-state index in [0.717, 1.165) is 23.6 Å². The number of methoxy groups -OCH3 is 1. The third-order valence-electron chi connectivity index (χ3n) is 4.53. The van der Waals surface area contributed by atoms with Crippen LogP contribution in [0.15, 0.2) is 49.1 Å². The first kappa shape index (κ1) is 15.8. The number of nitrogens with zero attached hydrogens (tertiary/aromatic N) is 5. The summed E-state index contributed by atoms with van der Waals surface area (Å²) in [6, 6.07) is 9.03. The molecule has 1 aromatic carbocycles. The van der Waals surface area contributed by atoms with Crippen LogP contribution in [0.4, 0.5) is 0 Å². The Kier molecular flexibility index (Phi) is 4.43. The molecule has 0 amide bonds. The van der Waals surface area contributed by atoms with Gasteiger partial charge in [-0.1, -0.05) is 12.1 Å². The van der Waals surface area contributed by atoms with Crippen molar-refractivity contribution in [1.82, 2.24) is 24.4 Å². The highest BCUT2D eigenvalue weighted by Gasteiger charge is 2.12. The van der Waals surface area contributed by atoms with Gasteiger partial charge in [0.25, 0.3) is 0 Å². The van der Waals surface area contributed by atoms with Crippen LogP contribution in [0.5, 0.6) is 6.01 Å². The van der Waals surface area contributed by atoms with Crippen LogP contribution in [0, 0.1) is 0 Å². The van der Waals surface area contributed by atoms with Crippen molar-refractivity contribution >= 4 is 0 Å². The van der Waals surface area contributed by atoms with Gasteiger partial charge in [-0.05, 0) is 43.6 Å². The molecular formula is C19H21N5O. The van der Waals surface area contributed by atoms with E-state index >= 15 is 0 Å². The van der Waals surface area contributed by atoms with E-state index in [2.05, 4.69) is 44.1 Å². The van der Waals surface area contributed by atoms with Gasteiger partial charge in [-0.25, -0.2) is 15.0 Å². The first-order valence-electron chi connectivity index (χ1n) is 8.55. The first-order valence-corrected chi connectivity index (χ1v) is 8.55. The zero-order chi connectivity index (χ0) is 17.1. The summed E-state index contributed by atoms with van der Waals surface area (Å²) >= 11 is 0. The van der Waals surface area contributed by atoms with Crippen molar-refractivity contribution in [2.75, 3.05) is 20.2 Å². The van der Waals surface area contributed by atoms with Crippen LogP contribution < -0.4 is 4.74 Å². The number of hydrogen-bond acceptors (Lipinski definition) is 5. The lowest BCUT2D eigenvalue weighted by Gasteiger charge is -2.15. The van der Waals surface area contributed by atoms with Crippen molar-refractivity contribution in [2.45, 2.75) is 19.4 Å². The van der Waals surface area contributed by atoms with E-state index in [-0.39, 0.29) is 0 Å². The van der Waals surface area contributed by atoms with Crippen molar-refractivity contribution in [3.8, 4) is 23.1 Å². The molecule has 0 atom stereocenters. The third-order valence-corrected chi connectivity index (χ3v) is 4.53. The Morgan fingerprint density at radius 3 is 2.40 bits per heavy atom. The molecular weight excluding hydrogens is 314 g/mol. The molecule has 0 radical (unpaired) electrons. The van der Waals surface area contributed by atoms with Crippen molar-refractivity contribution in [1.29, 1.82) is 0 Å². The van der Waals surface area contributed by atoms with Gasteiger partial charge in [0.15, 0.2) is 0 Å². The molecule has 6 heteroatoms. The lowest BCUT2D eigenvalue weighted by atomic mass is 10.2. The average Bonchev–Trinajstić information content (AvgIpc) is 3.34. The number of likely N-dealkylation sites (tertiary alicyclic amines) is 1. The Morgan fingerprint density at radius 2 is 1.72 bits per heavy atom. The van der Waals surface area contributed by atoms with Gasteiger partial charge < -0.3 is 4.74 Å². The fourth-order valence-corrected chi connectivity index (χ4v) is 3.22. The molecule has 25 heavy (non-hydrogen) atoms. The molecule has 0 aliphatic carbocycles. The highest BCUT2D eigenvalue weighted by molar-refractivity contribution is 5.56. The number of imidazole rings is 1. The first-order chi connectivity index (χ1) is 12.3. The smallest absolute Gasteiger partial charge is 0.316 e. The van der Waals surface area contributed by atoms with Gasteiger partial charge in [0.05, 0.1) is 12.7 Å². The topological polar surface area (TPSA) is 56.1 Å². The standard InChI is InChI=1S/C19H21N5O/c1-25-19-21-12-16(13-22-19)18-20-8-11-24(18)17-6-4-15(5-7-17)14-23-9-2-3-10-23/h4-8,11-13H,2-3,9-10,14H2,1H3. The average molecular weight is 335 g/mol. The molecule has 3 heterocycles. The summed E-state index contributed by atoms with van der Waals surface area (Å²) in [4.78, 5) is 15.3. The van der Waals surface area contributed by atoms with E-state index in [1.807, 2.05) is 10.8 Å². The summed E-state index contributed by atoms with van der Waals surface area (Å²) in [6.45, 7) is 3.46. The molecule has 3 aromatic rings. The Balaban J connectivity index is 1.56. The molecule has 1 saturated heterocycles. The van der Waals surface area contributed by atoms with E-state index in [1.165, 1.54) is 31.5 Å². The van der Waals surface area contributed by atoms with Crippen molar-refractivity contribution in [3.63, 3.8) is 0 Å². The summed E-state index contributed by atoms with van der Waals surface area (Å²) in [7, 11) is 1.56. The molecule has 1 fully saturated rings. The number of ether oxygens (including phenoxy) is 1. The third kappa shape index (κ3) is 3.39. The number of benzene rings is 1. The van der Waals surface area contributed by atoms with Crippen molar-refractivity contribution < 1.29 is 4.74 Å². The van der Waals surface area contributed by atoms with Crippen LogP contribution in [0.3, 0.4) is 0 Å². The Bertz CT molecular complexity index is 820. The molecule has 0 saturated carbocycles. The van der Waals surface area contributed by atoms with E-state index in [1.54, 1.807) is 25.7 Å². The predicted molar refractivity (Wildman–Crippen MR) is 95.7 cm³/mol. The molecule has 0 N–H and O–H groups in total. The summed E-state index contributed by atoms with van der Waals surface area (Å²) in [6.07, 6.45) is 9.84. The Labute approximate surface area is 147 Å². The lowest BCUT2D eigenvalue weighted by Crippen LogP contribution is -2.18. The van der Waals surface area contributed by atoms with E-state index < -0.39 is 0 Å². The van der Waals surface area contributed by atoms with Gasteiger partial charge in [0.2, 0.25) is 0 Å². The number of aromatic nitrogens is 4. The highest BCUT2D eigenvalue weighted by atomic mass is 16.5. The summed E-state index contributed by atoms with van der Waals surface area (Å²) in [5, 5.41) is 0. The molecule has 2 aromatic heterocycles. The van der Waals surface area contributed by atoms with Crippen LogP contribution >= 0.6 is 0 Å². The fraction of sp³-hybridized carbons (Fsp3) is 0.316. The molecule has 1 aliphatic rings. The van der Waals surface area contributed by atoms with Gasteiger partial charge >= 0.3 is 6.01 Å². The summed E-state index contributed by atoms with van der Waals surface area (Å²) in [5.41, 5.74) is 3.28. The minimum absolute atomic E-state index is 0.355. The quantitative estimate of drug-likeness (QED) is 0.717. The Morgan fingerprint density at radius 1 is 1.00 bits per heavy atom. The maximum absolute atomic E-state index is 5.02. The van der Waals surface area contributed by atoms with Crippen LogP contribution in [0.1, 0.15) is 18.4 Å². The lowest BCUT2D eigenvalue weighted by molar-refractivity contribution is 0.331. The molecule has 1 aliphatic heterocycles. The normalized spacial score (nSPS) is 14.8. The predicted octanol–water partition coefficient (Wildman–Crippen LogP) is 2.93. The van der Waals surface area contributed by atoms with E-state index in [9.17, 15) is 0 Å². The Hall–Kier alpha value is -2.73. The molecule has 128 valence electrons. The highest BCUT2D eigenvalue weighted by Crippen LogP contribution is 2.22. The van der Waals surface area contributed by atoms with Crippen LogP contribution in [-0.2, 0) is 6.54 Å². The largest absolute Gasteiger partial charge is 0.467 e. The fourth-order valence-electron chi connectivity index (χ4n) is 3.22. The van der Waals surface area contributed by atoms with Crippen molar-refractivity contribution in [2.24, 2.45) is 0 Å². The number of hydrogen-bond donors (Lipinski definition) is 0. The maximum Gasteiger partial charge on any atom is 0.316 e. The van der Waals surface area contributed by atoms with Crippen LogP contribution in [0.25, 0.3) is 17.1 Å². The second-order valence-corrected chi connectivity index (χ2v) is 6.23. The minimum atomic E-state index is 0.355. The van der Waals surface area contributed by atoms with Crippen LogP contribution in [0.2, 0.25) is 0 Å². The van der Waals surface area contributed by atoms with Crippen LogP contribution in [-0.4, -0.2) is 44.6 Å². The maximum atomic E-state index is 5.02. The van der Waals surface area contributed by atoms with Gasteiger partial charge in [-0.3, -0.25) is 9.47 Å². The van der Waals surface area contributed by atoms with E-state index in [4.69, 9.17) is 4.74 Å². The van der Waals surface area contributed by atoms with Gasteiger partial charge in [0.1, 0.15) is 5.82 Å². The number of rotatable bonds is 5. The second kappa shape index (κ2) is 7.03. The monoisotopic (exact) mass is 335 g/mol. The van der Waals surface area contributed by atoms with Gasteiger partial charge in [0, 0.05) is 37.0 Å².